The number of thiophene rings is 1. The lowest BCUT2D eigenvalue weighted by Gasteiger charge is -2.13. The van der Waals surface area contributed by atoms with Gasteiger partial charge in [0, 0.05) is 6.54 Å². The number of esters is 1. The Bertz CT molecular complexity index is 1260. The molecule has 2 heterocycles. The Morgan fingerprint density at radius 1 is 1.14 bits per heavy atom. The molecule has 3 aromatic rings. The third-order valence-corrected chi connectivity index (χ3v) is 6.28. The average molecular weight is 502 g/mol. The maximum Gasteiger partial charge on any atom is 0.348 e. The average Bonchev–Trinajstić information content (AvgIpc) is 3.14. The molecule has 0 unspecified atom stereocenters. The molecule has 1 amide bonds. The van der Waals surface area contributed by atoms with E-state index in [0.29, 0.717) is 58.3 Å². The molecule has 0 aliphatic carbocycles. The number of aryl methyl sites for hydroxylation is 1. The van der Waals surface area contributed by atoms with Gasteiger partial charge in [0.2, 0.25) is 5.91 Å². The van der Waals surface area contributed by atoms with Gasteiger partial charge in [0.05, 0.1) is 31.0 Å². The van der Waals surface area contributed by atoms with Crippen LogP contribution in [0.5, 0.6) is 11.5 Å². The van der Waals surface area contributed by atoms with Crippen molar-refractivity contribution in [3.05, 3.63) is 50.9 Å². The molecular weight excluding hydrogens is 470 g/mol. The summed E-state index contributed by atoms with van der Waals surface area (Å²) in [5.74, 6) is 0.572. The van der Waals surface area contributed by atoms with Crippen LogP contribution in [0, 0.1) is 6.92 Å². The minimum atomic E-state index is -0.481. The maximum atomic E-state index is 13.0. The number of hydrogen-bond acceptors (Lipinski definition) is 8. The van der Waals surface area contributed by atoms with Crippen LogP contribution in [0.25, 0.3) is 10.2 Å². The largest absolute Gasteiger partial charge is 0.490 e. The number of nitrogens with one attached hydrogen (secondary N) is 1. The van der Waals surface area contributed by atoms with Crippen molar-refractivity contribution in [2.75, 3.05) is 19.8 Å². The molecule has 1 N–H and O–H groups in total. The molecule has 35 heavy (non-hydrogen) atoms. The lowest BCUT2D eigenvalue weighted by atomic mass is 10.1. The summed E-state index contributed by atoms with van der Waals surface area (Å²) >= 11 is 1.12. The molecule has 0 aliphatic rings. The van der Waals surface area contributed by atoms with Gasteiger partial charge in [0.15, 0.2) is 11.5 Å². The number of benzene rings is 1. The van der Waals surface area contributed by atoms with Gasteiger partial charge in [-0.25, -0.2) is 9.78 Å². The van der Waals surface area contributed by atoms with Crippen molar-refractivity contribution in [1.29, 1.82) is 0 Å². The molecule has 0 spiro atoms. The molecule has 0 aliphatic heterocycles. The lowest BCUT2D eigenvalue weighted by molar-refractivity contribution is -0.121. The van der Waals surface area contributed by atoms with Gasteiger partial charge < -0.3 is 19.5 Å². The molecule has 0 saturated heterocycles. The Kier molecular flexibility index (Phi) is 8.86. The van der Waals surface area contributed by atoms with Crippen LogP contribution in [0.4, 0.5) is 0 Å². The molecule has 0 bridgehead atoms. The molecule has 2 aromatic heterocycles. The molecule has 0 saturated carbocycles. The summed E-state index contributed by atoms with van der Waals surface area (Å²) in [6, 6.07) is 5.70. The highest BCUT2D eigenvalue weighted by molar-refractivity contribution is 7.20. The topological polar surface area (TPSA) is 109 Å². The Labute approximate surface area is 208 Å². The first-order valence-electron chi connectivity index (χ1n) is 11.6. The van der Waals surface area contributed by atoms with Crippen LogP contribution in [0.15, 0.2) is 29.3 Å². The van der Waals surface area contributed by atoms with Crippen molar-refractivity contribution in [2.24, 2.45) is 0 Å². The number of carbonyl (C=O) groups excluding carboxylic acids is 2. The summed E-state index contributed by atoms with van der Waals surface area (Å²) < 4.78 is 17.7. The van der Waals surface area contributed by atoms with Crippen molar-refractivity contribution in [3.8, 4) is 11.5 Å². The van der Waals surface area contributed by atoms with Crippen LogP contribution in [-0.2, 0) is 22.5 Å². The predicted octanol–water partition coefficient (Wildman–Crippen LogP) is 3.49. The van der Waals surface area contributed by atoms with Crippen LogP contribution in [0.3, 0.4) is 0 Å². The van der Waals surface area contributed by atoms with Crippen molar-refractivity contribution < 1.29 is 23.8 Å². The summed E-state index contributed by atoms with van der Waals surface area (Å²) in [6.45, 7) is 10.3. The van der Waals surface area contributed by atoms with E-state index in [9.17, 15) is 14.4 Å². The number of nitrogens with zero attached hydrogens (tertiary/aromatic N) is 2. The van der Waals surface area contributed by atoms with Crippen LogP contribution in [-0.4, -0.2) is 47.3 Å². The number of hydrogen-bond donors (Lipinski definition) is 1. The zero-order valence-corrected chi connectivity index (χ0v) is 21.5. The Morgan fingerprint density at radius 3 is 2.54 bits per heavy atom. The van der Waals surface area contributed by atoms with Gasteiger partial charge in [-0.15, -0.1) is 11.3 Å². The van der Waals surface area contributed by atoms with Gasteiger partial charge in [0.25, 0.3) is 5.56 Å². The van der Waals surface area contributed by atoms with Gasteiger partial charge >= 0.3 is 5.97 Å². The summed E-state index contributed by atoms with van der Waals surface area (Å²) in [5, 5.41) is 3.17. The number of carbonyl (C=O) groups is 2. The summed E-state index contributed by atoms with van der Waals surface area (Å²) in [6.07, 6.45) is 1.65. The third kappa shape index (κ3) is 6.39. The Morgan fingerprint density at radius 2 is 1.86 bits per heavy atom. The minimum absolute atomic E-state index is 0.170. The molecule has 3 rings (SSSR count). The van der Waals surface area contributed by atoms with Gasteiger partial charge in [-0.3, -0.25) is 14.2 Å². The zero-order valence-electron chi connectivity index (χ0n) is 20.7. The minimum Gasteiger partial charge on any atom is -0.490 e. The second-order valence-electron chi connectivity index (χ2n) is 8.12. The fourth-order valence-electron chi connectivity index (χ4n) is 3.54. The molecule has 0 radical (unpaired) electrons. The van der Waals surface area contributed by atoms with Crippen LogP contribution in [0.2, 0.25) is 0 Å². The molecule has 0 fully saturated rings. The highest BCUT2D eigenvalue weighted by Crippen LogP contribution is 2.29. The first kappa shape index (κ1) is 26.2. The zero-order chi connectivity index (χ0) is 25.5. The molecule has 10 heteroatoms. The number of aromatic nitrogens is 2. The second-order valence-corrected chi connectivity index (χ2v) is 9.11. The van der Waals surface area contributed by atoms with Crippen molar-refractivity contribution in [3.63, 3.8) is 0 Å². The molecule has 1 aromatic carbocycles. The van der Waals surface area contributed by atoms with E-state index in [4.69, 9.17) is 14.2 Å². The number of rotatable bonds is 11. The van der Waals surface area contributed by atoms with Crippen LogP contribution >= 0.6 is 11.3 Å². The van der Waals surface area contributed by atoms with Gasteiger partial charge in [0.1, 0.15) is 16.3 Å². The fourth-order valence-corrected chi connectivity index (χ4v) is 4.56. The van der Waals surface area contributed by atoms with E-state index in [1.165, 1.54) is 10.9 Å². The SMILES string of the molecule is CCOc1ccc(CCNC(=O)Cn2cnc3sc(C(=O)OC(C)C)c(C)c3c2=O)cc1OCC. The monoisotopic (exact) mass is 501 g/mol. The predicted molar refractivity (Wildman–Crippen MR) is 135 cm³/mol. The highest BCUT2D eigenvalue weighted by Gasteiger charge is 2.21. The van der Waals surface area contributed by atoms with Crippen LogP contribution in [0.1, 0.15) is 48.5 Å². The highest BCUT2D eigenvalue weighted by atomic mass is 32.1. The summed E-state index contributed by atoms with van der Waals surface area (Å²) in [7, 11) is 0. The smallest absolute Gasteiger partial charge is 0.348 e. The van der Waals surface area contributed by atoms with Crippen molar-refractivity contribution in [2.45, 2.75) is 53.7 Å². The van der Waals surface area contributed by atoms with Crippen molar-refractivity contribution >= 4 is 33.4 Å². The normalized spacial score (nSPS) is 11.0. The molecule has 9 nitrogen and oxygen atoms in total. The summed E-state index contributed by atoms with van der Waals surface area (Å²) in [4.78, 5) is 42.9. The van der Waals surface area contributed by atoms with E-state index in [-0.39, 0.29) is 24.1 Å². The Balaban J connectivity index is 1.65. The van der Waals surface area contributed by atoms with Crippen LogP contribution < -0.4 is 20.3 Å². The van der Waals surface area contributed by atoms with E-state index < -0.39 is 5.97 Å². The standard InChI is InChI=1S/C25H31N3O6S/c1-6-32-18-9-8-17(12-19(18)33-7-2)10-11-26-20(29)13-28-14-27-23-21(24(28)30)16(5)22(35-23)25(31)34-15(3)4/h8-9,12,14-15H,6-7,10-11,13H2,1-5H3,(H,26,29). The van der Waals surface area contributed by atoms with E-state index in [0.717, 1.165) is 16.9 Å². The number of fused-ring (bicyclic) bond motifs is 1. The fraction of sp³-hybridized carbons (Fsp3) is 0.440. The van der Waals surface area contributed by atoms with Gasteiger partial charge in [-0.1, -0.05) is 6.07 Å². The van der Waals surface area contributed by atoms with E-state index >= 15 is 0 Å². The molecular formula is C25H31N3O6S. The quantitative estimate of drug-likeness (QED) is 0.401. The second kappa shape index (κ2) is 11.8. The first-order valence-corrected chi connectivity index (χ1v) is 12.4. The van der Waals surface area contributed by atoms with E-state index in [2.05, 4.69) is 10.3 Å². The number of amides is 1. The van der Waals surface area contributed by atoms with E-state index in [1.807, 2.05) is 32.0 Å². The Hall–Kier alpha value is -3.40. The molecule has 188 valence electrons. The van der Waals surface area contributed by atoms with Crippen molar-refractivity contribution in [1.82, 2.24) is 14.9 Å². The first-order chi connectivity index (χ1) is 16.7. The van der Waals surface area contributed by atoms with Gasteiger partial charge in [-0.05, 0) is 64.3 Å². The van der Waals surface area contributed by atoms with E-state index in [1.54, 1.807) is 20.8 Å². The van der Waals surface area contributed by atoms with Gasteiger partial charge in [-0.2, -0.15) is 0 Å². The third-order valence-electron chi connectivity index (χ3n) is 5.10. The molecule has 0 atom stereocenters. The number of ether oxygens (including phenoxy) is 3. The lowest BCUT2D eigenvalue weighted by Crippen LogP contribution is -2.33. The maximum absolute atomic E-state index is 13.0. The summed E-state index contributed by atoms with van der Waals surface area (Å²) in [5.41, 5.74) is 1.14.